The monoisotopic (exact) mass is 488 g/mol. The molecule has 2 fully saturated rings. The van der Waals surface area contributed by atoms with Crippen molar-refractivity contribution in [1.82, 2.24) is 24.4 Å². The molecule has 0 radical (unpaired) electrons. The molecule has 3 aromatic heterocycles. The highest BCUT2D eigenvalue weighted by Crippen LogP contribution is 2.35. The van der Waals surface area contributed by atoms with E-state index in [1.807, 2.05) is 6.92 Å². The summed E-state index contributed by atoms with van der Waals surface area (Å²) in [6.45, 7) is 2.19. The average Bonchev–Trinajstić information content (AvgIpc) is 3.59. The van der Waals surface area contributed by atoms with Gasteiger partial charge in [0.1, 0.15) is 23.6 Å². The van der Waals surface area contributed by atoms with Crippen LogP contribution in [0, 0.1) is 6.92 Å². The van der Waals surface area contributed by atoms with E-state index in [0.717, 1.165) is 30.9 Å². The van der Waals surface area contributed by atoms with Gasteiger partial charge in [-0.15, -0.1) is 0 Å². The summed E-state index contributed by atoms with van der Waals surface area (Å²) in [4.78, 5) is 29.1. The average molecular weight is 488 g/mol. The van der Waals surface area contributed by atoms with Crippen LogP contribution in [0.25, 0.3) is 5.82 Å². The van der Waals surface area contributed by atoms with Gasteiger partial charge in [-0.1, -0.05) is 0 Å². The molecule has 35 heavy (non-hydrogen) atoms. The van der Waals surface area contributed by atoms with Crippen molar-refractivity contribution in [2.75, 3.05) is 18.0 Å². The third-order valence-electron chi connectivity index (χ3n) is 6.51. The summed E-state index contributed by atoms with van der Waals surface area (Å²) >= 11 is 0. The van der Waals surface area contributed by atoms with Gasteiger partial charge in [-0.25, -0.2) is 19.3 Å². The number of halogens is 4. The van der Waals surface area contributed by atoms with E-state index >= 15 is 4.39 Å². The fourth-order valence-corrected chi connectivity index (χ4v) is 4.52. The normalized spacial score (nSPS) is 20.7. The van der Waals surface area contributed by atoms with Crippen LogP contribution in [0.15, 0.2) is 49.1 Å². The largest absolute Gasteiger partial charge is 0.417 e. The molecule has 184 valence electrons. The third-order valence-corrected chi connectivity index (χ3v) is 6.51. The van der Waals surface area contributed by atoms with Crippen LogP contribution in [-0.2, 0) is 6.18 Å². The van der Waals surface area contributed by atoms with E-state index in [9.17, 15) is 18.0 Å². The summed E-state index contributed by atoms with van der Waals surface area (Å²) in [5, 5.41) is 0. The number of pyridine rings is 2. The molecular weight excluding hydrogens is 464 g/mol. The van der Waals surface area contributed by atoms with Crippen LogP contribution in [0.5, 0.6) is 0 Å². The standard InChI is InChI=1S/C24H24F4N6O/c1-15-29-9-11-33(15)22-6-2-16(12-30-22)23(35)34(18-4-5-18)20-8-10-32(14-19(20)25)21-7-3-17(13-31-21)24(26,27)28/h2-3,6-7,9,11-13,18-20H,4-5,8,10,14H2,1H3/t19?,20-/m1/s1. The van der Waals surface area contributed by atoms with Gasteiger partial charge in [-0.3, -0.25) is 9.36 Å². The molecule has 2 aliphatic rings. The van der Waals surface area contributed by atoms with E-state index in [1.165, 1.54) is 12.3 Å². The first-order valence-corrected chi connectivity index (χ1v) is 11.4. The first kappa shape index (κ1) is 23.3. The van der Waals surface area contributed by atoms with Gasteiger partial charge in [0.25, 0.3) is 5.91 Å². The van der Waals surface area contributed by atoms with Gasteiger partial charge in [0.05, 0.1) is 23.7 Å². The number of rotatable bonds is 5. The van der Waals surface area contributed by atoms with Gasteiger partial charge in [0, 0.05) is 37.4 Å². The van der Waals surface area contributed by atoms with Crippen LogP contribution in [0.2, 0.25) is 0 Å². The van der Waals surface area contributed by atoms with Gasteiger partial charge in [-0.2, -0.15) is 13.2 Å². The highest BCUT2D eigenvalue weighted by Gasteiger charge is 2.43. The van der Waals surface area contributed by atoms with Crippen molar-refractivity contribution in [2.24, 2.45) is 0 Å². The van der Waals surface area contributed by atoms with Crippen LogP contribution in [0.4, 0.5) is 23.4 Å². The SMILES string of the molecule is Cc1nccn1-c1ccc(C(=O)N(C2CC2)[C@@H]2CCN(c3ccc(C(F)(F)F)cn3)CC2F)cn1. The van der Waals surface area contributed by atoms with Crippen LogP contribution >= 0.6 is 0 Å². The number of aromatic nitrogens is 4. The summed E-state index contributed by atoms with van der Waals surface area (Å²) in [6.07, 6.45) is 1.86. The topological polar surface area (TPSA) is 67.2 Å². The molecule has 1 unspecified atom stereocenters. The van der Waals surface area contributed by atoms with Crippen LogP contribution in [-0.4, -0.2) is 61.7 Å². The van der Waals surface area contributed by atoms with E-state index in [1.54, 1.807) is 38.9 Å². The third kappa shape index (κ3) is 4.71. The van der Waals surface area contributed by atoms with Crippen molar-refractivity contribution in [2.45, 2.75) is 50.6 Å². The van der Waals surface area contributed by atoms with Crippen LogP contribution in [0.1, 0.15) is 41.0 Å². The smallest absolute Gasteiger partial charge is 0.354 e. The minimum Gasteiger partial charge on any atom is -0.354 e. The number of alkyl halides is 4. The van der Waals surface area contributed by atoms with Gasteiger partial charge < -0.3 is 9.80 Å². The Morgan fingerprint density at radius 3 is 2.31 bits per heavy atom. The zero-order chi connectivity index (χ0) is 24.7. The number of carbonyl (C=O) groups is 1. The number of amides is 1. The molecule has 1 saturated heterocycles. The molecule has 0 N–H and O–H groups in total. The number of imidazole rings is 1. The predicted octanol–water partition coefficient (Wildman–Crippen LogP) is 4.21. The van der Waals surface area contributed by atoms with Crippen molar-refractivity contribution < 1.29 is 22.4 Å². The number of aryl methyl sites for hydroxylation is 1. The highest BCUT2D eigenvalue weighted by atomic mass is 19.4. The molecule has 0 spiro atoms. The van der Waals surface area contributed by atoms with Crippen molar-refractivity contribution in [3.63, 3.8) is 0 Å². The van der Waals surface area contributed by atoms with E-state index in [0.29, 0.717) is 24.3 Å². The molecule has 1 saturated carbocycles. The molecule has 3 aromatic rings. The first-order valence-electron chi connectivity index (χ1n) is 11.4. The Balaban J connectivity index is 1.29. The van der Waals surface area contributed by atoms with Gasteiger partial charge in [0.15, 0.2) is 0 Å². The zero-order valence-corrected chi connectivity index (χ0v) is 19.0. The zero-order valence-electron chi connectivity index (χ0n) is 19.0. The molecule has 1 aliphatic carbocycles. The number of hydrogen-bond donors (Lipinski definition) is 0. The molecule has 11 heteroatoms. The van der Waals surface area contributed by atoms with Gasteiger partial charge in [-0.05, 0) is 50.5 Å². The van der Waals surface area contributed by atoms with E-state index < -0.39 is 24.0 Å². The second-order valence-corrected chi connectivity index (χ2v) is 8.91. The summed E-state index contributed by atoms with van der Waals surface area (Å²) < 4.78 is 55.6. The summed E-state index contributed by atoms with van der Waals surface area (Å²) in [6, 6.07) is 5.00. The first-order chi connectivity index (χ1) is 16.7. The molecule has 0 aromatic carbocycles. The van der Waals surface area contributed by atoms with Gasteiger partial charge >= 0.3 is 6.18 Å². The van der Waals surface area contributed by atoms with E-state index in [4.69, 9.17) is 0 Å². The van der Waals surface area contributed by atoms with E-state index in [-0.39, 0.29) is 24.3 Å². The van der Waals surface area contributed by atoms with Gasteiger partial charge in [0.2, 0.25) is 0 Å². The van der Waals surface area contributed by atoms with Crippen LogP contribution in [0.3, 0.4) is 0 Å². The maximum Gasteiger partial charge on any atom is 0.417 e. The predicted molar refractivity (Wildman–Crippen MR) is 120 cm³/mol. The molecule has 1 aliphatic heterocycles. The fourth-order valence-electron chi connectivity index (χ4n) is 4.52. The second kappa shape index (κ2) is 8.94. The van der Waals surface area contributed by atoms with Crippen molar-refractivity contribution in [3.05, 3.63) is 66.0 Å². The van der Waals surface area contributed by atoms with Crippen LogP contribution < -0.4 is 4.90 Å². The Morgan fingerprint density at radius 1 is 1.03 bits per heavy atom. The minimum absolute atomic E-state index is 0.0166. The second-order valence-electron chi connectivity index (χ2n) is 8.91. The lowest BCUT2D eigenvalue weighted by Crippen LogP contribution is -2.55. The Bertz CT molecular complexity index is 1190. The molecular formula is C24H24F4N6O. The molecule has 2 atom stereocenters. The Labute approximate surface area is 199 Å². The number of piperidine rings is 1. The van der Waals surface area contributed by atoms with E-state index in [2.05, 4.69) is 15.0 Å². The molecule has 7 nitrogen and oxygen atoms in total. The lowest BCUT2D eigenvalue weighted by Gasteiger charge is -2.41. The number of hydrogen-bond acceptors (Lipinski definition) is 5. The maximum absolute atomic E-state index is 15.4. The summed E-state index contributed by atoms with van der Waals surface area (Å²) in [5.41, 5.74) is -0.460. The molecule has 0 bridgehead atoms. The lowest BCUT2D eigenvalue weighted by molar-refractivity contribution is -0.137. The summed E-state index contributed by atoms with van der Waals surface area (Å²) in [7, 11) is 0. The Kier molecular flexibility index (Phi) is 5.94. The highest BCUT2D eigenvalue weighted by molar-refractivity contribution is 5.94. The summed E-state index contributed by atoms with van der Waals surface area (Å²) in [5.74, 6) is 1.43. The Morgan fingerprint density at radius 2 is 1.77 bits per heavy atom. The van der Waals surface area contributed by atoms with Crippen molar-refractivity contribution in [3.8, 4) is 5.82 Å². The Hall–Kier alpha value is -3.50. The molecule has 1 amide bonds. The number of nitrogens with zero attached hydrogens (tertiary/aromatic N) is 6. The number of carbonyl (C=O) groups excluding carboxylic acids is 1. The minimum atomic E-state index is -4.48. The van der Waals surface area contributed by atoms with Crippen molar-refractivity contribution in [1.29, 1.82) is 0 Å². The number of anilines is 1. The quantitative estimate of drug-likeness (QED) is 0.504. The fraction of sp³-hybridized carbons (Fsp3) is 0.417. The molecule has 5 rings (SSSR count). The molecule has 4 heterocycles. The van der Waals surface area contributed by atoms with Crippen molar-refractivity contribution >= 4 is 11.7 Å². The lowest BCUT2D eigenvalue weighted by atomic mass is 9.99. The maximum atomic E-state index is 15.4.